The minimum Gasteiger partial charge on any atom is -0.652 e. The fraction of sp³-hybridized carbons (Fsp3) is 0.913. The summed E-state index contributed by atoms with van der Waals surface area (Å²) in [5.41, 5.74) is 0. The molecule has 0 atom stereocenters. The molecule has 10 nitrogen and oxygen atoms in total. The van der Waals surface area contributed by atoms with Crippen molar-refractivity contribution >= 4 is 137 Å². The molecule has 0 bridgehead atoms. The Morgan fingerprint density at radius 3 is 0.441 bits per heavy atom. The molecule has 0 heterocycles. The maximum Gasteiger partial charge on any atom is 2.00 e. The molecule has 13 heteroatoms. The number of hydrogen-bond acceptors (Lipinski definition) is 10. The van der Waals surface area contributed by atoms with Crippen LogP contribution in [0.1, 0.15) is 271 Å². The third kappa shape index (κ3) is 104. The molecule has 0 aromatic rings. The molecule has 59 heavy (non-hydrogen) atoms. The summed E-state index contributed by atoms with van der Waals surface area (Å²) in [4.78, 5) is 37.2. The first-order valence-electron chi connectivity index (χ1n) is 23.2. The molecular weight excluding hydrogens is 833 g/mol. The van der Waals surface area contributed by atoms with Crippen molar-refractivity contribution in [2.75, 3.05) is 0 Å². The minimum atomic E-state index is -2.33. The number of aliphatic carboxylic acids is 2. The predicted molar refractivity (Wildman–Crippen MR) is 234 cm³/mol. The van der Waals surface area contributed by atoms with Crippen LogP contribution in [0, 0.1) is 0 Å². The van der Waals surface area contributed by atoms with E-state index in [1.54, 1.807) is 0 Å². The number of carboxylic acid groups (broad SMARTS) is 6. The fourth-order valence-electron chi connectivity index (χ4n) is 6.70. The van der Waals surface area contributed by atoms with Crippen LogP contribution in [0.2, 0.25) is 0 Å². The molecule has 0 saturated heterocycles. The van der Waals surface area contributed by atoms with E-state index in [9.17, 15) is 19.8 Å². The van der Waals surface area contributed by atoms with Gasteiger partial charge in [0.2, 0.25) is 0 Å². The molecule has 0 radical (unpaired) electrons. The SMILES string of the molecule is CCCCCCCCCCCCCCCCCCCCCC(=O)[O-].CCCCCCCCCCCCCCCCCCCCCC(=O)[O-].O=C([O-])[O-].O=C([O-])[O-].[Ca+2].[Ca+2].[Ca+2]. The standard InChI is InChI=1S/2C22H44O2.2CH2O3.3Ca/c2*1-2-3-4-5-6-7-8-9-10-11-12-13-14-15-16-17-18-19-20-21-22(23)24;2*2-1(3)4;;;/h2*2-21H2,1H3,(H,23,24);2*(H2,2,3,4);;;/q;;;;3*+2/p-6. The maximum absolute atomic E-state index is 10.3. The van der Waals surface area contributed by atoms with Gasteiger partial charge in [0.05, 0.1) is 0 Å². The van der Waals surface area contributed by atoms with Gasteiger partial charge in [-0.15, -0.1) is 0 Å². The van der Waals surface area contributed by atoms with E-state index in [-0.39, 0.29) is 126 Å². The number of hydrogen-bond donors (Lipinski definition) is 0. The maximum atomic E-state index is 10.3. The van der Waals surface area contributed by atoms with E-state index < -0.39 is 24.2 Å². The second-order valence-electron chi connectivity index (χ2n) is 15.5. The molecule has 336 valence electrons. The van der Waals surface area contributed by atoms with E-state index in [2.05, 4.69) is 13.8 Å². The van der Waals surface area contributed by atoms with Crippen LogP contribution in [0.4, 0.5) is 9.59 Å². The van der Waals surface area contributed by atoms with Gasteiger partial charge in [-0.25, -0.2) is 0 Å². The molecule has 0 spiro atoms. The average molecular weight is 919 g/mol. The largest absolute Gasteiger partial charge is 2.00 e. The summed E-state index contributed by atoms with van der Waals surface area (Å²) in [6.45, 7) is 4.56. The van der Waals surface area contributed by atoms with E-state index in [0.717, 1.165) is 25.7 Å². The van der Waals surface area contributed by atoms with Crippen LogP contribution in [0.25, 0.3) is 0 Å². The van der Waals surface area contributed by atoms with Gasteiger partial charge < -0.3 is 49.8 Å². The van der Waals surface area contributed by atoms with Crippen LogP contribution in [-0.2, 0) is 9.59 Å². The van der Waals surface area contributed by atoms with Crippen LogP contribution < -0.4 is 30.6 Å². The smallest absolute Gasteiger partial charge is 0.652 e. The normalized spacial score (nSPS) is 9.80. The van der Waals surface area contributed by atoms with Gasteiger partial charge in [-0.2, -0.15) is 0 Å². The molecule has 0 aliphatic rings. The van der Waals surface area contributed by atoms with Crippen molar-refractivity contribution in [3.63, 3.8) is 0 Å². The summed E-state index contributed by atoms with van der Waals surface area (Å²) in [5, 5.41) is 53.9. The first-order valence-corrected chi connectivity index (χ1v) is 23.2. The molecule has 0 aromatic carbocycles. The first kappa shape index (κ1) is 74.6. The molecule has 0 aromatic heterocycles. The van der Waals surface area contributed by atoms with Crippen molar-refractivity contribution in [1.82, 2.24) is 0 Å². The van der Waals surface area contributed by atoms with E-state index >= 15 is 0 Å². The minimum absolute atomic E-state index is 0. The average Bonchev–Trinajstić information content (AvgIpc) is 3.13. The van der Waals surface area contributed by atoms with Gasteiger partial charge in [-0.1, -0.05) is 245 Å². The van der Waals surface area contributed by atoms with Crippen LogP contribution in [0.5, 0.6) is 0 Å². The summed E-state index contributed by atoms with van der Waals surface area (Å²) in [6.07, 6.45) is 46.8. The summed E-state index contributed by atoms with van der Waals surface area (Å²) in [5.74, 6) is -1.80. The third-order valence-electron chi connectivity index (χ3n) is 9.97. The van der Waals surface area contributed by atoms with Crippen molar-refractivity contribution < 1.29 is 49.8 Å². The number of carbonyl (C=O) groups excluding carboxylic acids is 4. The number of carboxylic acids is 2. The van der Waals surface area contributed by atoms with Crippen LogP contribution in [0.3, 0.4) is 0 Å². The Morgan fingerprint density at radius 1 is 0.237 bits per heavy atom. The topological polar surface area (TPSA) is 207 Å². The summed E-state index contributed by atoms with van der Waals surface area (Å²) in [7, 11) is 0. The number of carbonyl (C=O) groups is 4. The van der Waals surface area contributed by atoms with Gasteiger partial charge in [0.25, 0.3) is 0 Å². The Balaban J connectivity index is -0.000000148. The summed E-state index contributed by atoms with van der Waals surface area (Å²) in [6, 6.07) is 0. The van der Waals surface area contributed by atoms with E-state index in [0.29, 0.717) is 0 Å². The van der Waals surface area contributed by atoms with Crippen LogP contribution in [-0.4, -0.2) is 137 Å². The van der Waals surface area contributed by atoms with Gasteiger partial charge in [0, 0.05) is 11.9 Å². The Kier molecular flexibility index (Phi) is 89.7. The Morgan fingerprint density at radius 2 is 0.339 bits per heavy atom. The molecular formula is C46H86Ca3O10. The second kappa shape index (κ2) is 70.9. The molecule has 0 rings (SSSR count). The summed E-state index contributed by atoms with van der Waals surface area (Å²) < 4.78 is 0. The van der Waals surface area contributed by atoms with E-state index in [4.69, 9.17) is 30.0 Å². The predicted octanol–water partition coefficient (Wildman–Crippen LogP) is 7.08. The Hall–Kier alpha value is 1.26. The van der Waals surface area contributed by atoms with E-state index in [1.807, 2.05) is 0 Å². The van der Waals surface area contributed by atoms with Crippen molar-refractivity contribution in [2.24, 2.45) is 0 Å². The van der Waals surface area contributed by atoms with Gasteiger partial charge in [-0.05, 0) is 38.0 Å². The quantitative estimate of drug-likeness (QED) is 0.0451. The molecule has 0 saturated carbocycles. The summed E-state index contributed by atoms with van der Waals surface area (Å²) >= 11 is 0. The molecule has 0 aliphatic heterocycles. The van der Waals surface area contributed by atoms with Crippen LogP contribution in [0.15, 0.2) is 0 Å². The van der Waals surface area contributed by atoms with Gasteiger partial charge in [0.15, 0.2) is 0 Å². The Bertz CT molecular complexity index is 735. The molecule has 0 unspecified atom stereocenters. The molecule has 0 aliphatic carbocycles. The zero-order valence-corrected chi connectivity index (χ0v) is 45.1. The Labute approximate surface area is 452 Å². The van der Waals surface area contributed by atoms with Gasteiger partial charge in [-0.3, -0.25) is 0 Å². The number of rotatable bonds is 40. The van der Waals surface area contributed by atoms with Crippen LogP contribution >= 0.6 is 0 Å². The van der Waals surface area contributed by atoms with Gasteiger partial charge in [0.1, 0.15) is 0 Å². The van der Waals surface area contributed by atoms with Crippen molar-refractivity contribution in [3.05, 3.63) is 0 Å². The third-order valence-corrected chi connectivity index (χ3v) is 9.97. The van der Waals surface area contributed by atoms with Crippen molar-refractivity contribution in [3.8, 4) is 0 Å². The fourth-order valence-corrected chi connectivity index (χ4v) is 6.70. The molecule has 0 fully saturated rings. The monoisotopic (exact) mass is 919 g/mol. The zero-order chi connectivity index (χ0) is 42.6. The molecule has 0 N–H and O–H groups in total. The van der Waals surface area contributed by atoms with Crippen molar-refractivity contribution in [1.29, 1.82) is 0 Å². The number of unbranched alkanes of at least 4 members (excludes halogenated alkanes) is 36. The van der Waals surface area contributed by atoms with E-state index in [1.165, 1.54) is 218 Å². The second-order valence-corrected chi connectivity index (χ2v) is 15.5. The zero-order valence-electron chi connectivity index (χ0n) is 38.5. The van der Waals surface area contributed by atoms with Crippen molar-refractivity contribution in [2.45, 2.75) is 271 Å². The first-order chi connectivity index (χ1) is 27.0. The molecule has 0 amide bonds. The van der Waals surface area contributed by atoms with Gasteiger partial charge >= 0.3 is 113 Å².